The molecule has 2 aromatic heterocycles. The molecule has 0 aliphatic carbocycles. The fraction of sp³-hybridized carbons (Fsp3) is 0.458. The first-order chi connectivity index (χ1) is 16.6. The highest BCUT2D eigenvalue weighted by molar-refractivity contribution is 5.86. The fourth-order valence-corrected chi connectivity index (χ4v) is 4.99. The van der Waals surface area contributed by atoms with E-state index in [0.29, 0.717) is 11.7 Å². The van der Waals surface area contributed by atoms with Crippen molar-refractivity contribution in [1.29, 1.82) is 0 Å². The van der Waals surface area contributed by atoms with E-state index in [1.165, 1.54) is 7.11 Å². The van der Waals surface area contributed by atoms with Gasteiger partial charge < -0.3 is 14.7 Å². The number of hydrogen-bond donors (Lipinski definition) is 1. The molecule has 3 aromatic rings. The quantitative estimate of drug-likeness (QED) is 0.574. The van der Waals surface area contributed by atoms with E-state index >= 15 is 0 Å². The van der Waals surface area contributed by atoms with E-state index in [9.17, 15) is 9.90 Å². The van der Waals surface area contributed by atoms with E-state index in [2.05, 4.69) is 19.2 Å². The average molecular weight is 467 g/mol. The number of hydrogen-bond acceptors (Lipinski definition) is 7. The zero-order valence-electron chi connectivity index (χ0n) is 19.6. The van der Waals surface area contributed by atoms with Gasteiger partial charge in [0, 0.05) is 63.4 Å². The molecule has 4 heterocycles. The average Bonchev–Trinajstić information content (AvgIpc) is 3.26. The third-order valence-electron chi connectivity index (χ3n) is 6.75. The van der Waals surface area contributed by atoms with Crippen LogP contribution in [-0.2, 0) is 9.57 Å². The van der Waals surface area contributed by atoms with Gasteiger partial charge in [0.05, 0.1) is 24.0 Å². The van der Waals surface area contributed by atoms with Crippen molar-refractivity contribution in [3.05, 3.63) is 42.4 Å². The fourth-order valence-electron chi connectivity index (χ4n) is 4.99. The van der Waals surface area contributed by atoms with Gasteiger partial charge in [-0.1, -0.05) is 12.1 Å². The number of imidazole rings is 1. The molecule has 2 saturated heterocycles. The molecular formula is C24H30N6O4. The smallest absolute Gasteiger partial charge is 0.436 e. The van der Waals surface area contributed by atoms with Gasteiger partial charge in [0.25, 0.3) is 0 Å². The van der Waals surface area contributed by atoms with Crippen LogP contribution < -0.4 is 9.96 Å². The number of aromatic nitrogens is 3. The molecule has 1 aromatic carbocycles. The van der Waals surface area contributed by atoms with Crippen molar-refractivity contribution < 1.29 is 19.5 Å². The van der Waals surface area contributed by atoms with Crippen LogP contribution in [0.1, 0.15) is 18.5 Å². The summed E-state index contributed by atoms with van der Waals surface area (Å²) >= 11 is 0. The Morgan fingerprint density at radius 1 is 1.15 bits per heavy atom. The number of carbonyl (C=O) groups is 1. The molecule has 0 radical (unpaired) electrons. The van der Waals surface area contributed by atoms with E-state index in [-0.39, 0.29) is 0 Å². The van der Waals surface area contributed by atoms with Crippen molar-refractivity contribution in [2.75, 3.05) is 56.5 Å². The van der Waals surface area contributed by atoms with E-state index in [4.69, 9.17) is 14.6 Å². The zero-order chi connectivity index (χ0) is 23.7. The molecule has 0 unspecified atom stereocenters. The molecule has 2 fully saturated rings. The second-order valence-electron chi connectivity index (χ2n) is 8.66. The lowest BCUT2D eigenvalue weighted by Gasteiger charge is -2.40. The van der Waals surface area contributed by atoms with Gasteiger partial charge in [-0.2, -0.15) is 5.06 Å². The topological polar surface area (TPSA) is 95.7 Å². The Hall–Kier alpha value is -3.21. The summed E-state index contributed by atoms with van der Waals surface area (Å²) in [6.45, 7) is 7.55. The third kappa shape index (κ3) is 4.20. The zero-order valence-corrected chi connectivity index (χ0v) is 19.6. The van der Waals surface area contributed by atoms with Crippen molar-refractivity contribution in [1.82, 2.24) is 19.3 Å². The van der Waals surface area contributed by atoms with Crippen LogP contribution in [0.25, 0.3) is 16.8 Å². The molecule has 0 spiro atoms. The summed E-state index contributed by atoms with van der Waals surface area (Å²) in [6.07, 6.45) is 4.82. The number of ether oxygens (including phenoxy) is 1. The van der Waals surface area contributed by atoms with Gasteiger partial charge in [-0.05, 0) is 31.9 Å². The summed E-state index contributed by atoms with van der Waals surface area (Å²) in [5.74, 6) is 0.912. The highest BCUT2D eigenvalue weighted by atomic mass is 16.7. The molecule has 10 nitrogen and oxygen atoms in total. The molecule has 1 amide bonds. The number of benzene rings is 1. The first kappa shape index (κ1) is 22.6. The highest BCUT2D eigenvalue weighted by Crippen LogP contribution is 2.32. The molecule has 1 N–H and O–H groups in total. The molecule has 2 aliphatic rings. The van der Waals surface area contributed by atoms with E-state index in [1.54, 1.807) is 12.1 Å². The molecular weight excluding hydrogens is 436 g/mol. The minimum Gasteiger partial charge on any atom is -0.463 e. The maximum Gasteiger partial charge on any atom is 0.436 e. The summed E-state index contributed by atoms with van der Waals surface area (Å²) in [6, 6.07) is 7.79. The molecule has 10 heteroatoms. The van der Waals surface area contributed by atoms with Crippen LogP contribution in [0.4, 0.5) is 16.4 Å². The highest BCUT2D eigenvalue weighted by Gasteiger charge is 2.28. The summed E-state index contributed by atoms with van der Waals surface area (Å²) in [5.41, 5.74) is 4.01. The second kappa shape index (κ2) is 9.57. The maximum atomic E-state index is 11.4. The van der Waals surface area contributed by atoms with Crippen LogP contribution in [0.5, 0.6) is 0 Å². The van der Waals surface area contributed by atoms with Crippen molar-refractivity contribution in [3.8, 4) is 11.3 Å². The van der Waals surface area contributed by atoms with Crippen LogP contribution in [0.3, 0.4) is 0 Å². The lowest BCUT2D eigenvalue weighted by atomic mass is 10.1. The Labute approximate surface area is 198 Å². The van der Waals surface area contributed by atoms with Crippen LogP contribution in [0, 0.1) is 6.92 Å². The summed E-state index contributed by atoms with van der Waals surface area (Å²) in [7, 11) is 1.33. The normalized spacial score (nSPS) is 17.9. The van der Waals surface area contributed by atoms with Crippen molar-refractivity contribution >= 4 is 23.2 Å². The standard InChI is InChI=1S/C24H30N6O4/c1-17-22-21(18-3-5-20(6-4-18)30(33-2)24(31)32)26-23(29(22)10-9-25-17)28-13-11-27(12-14-28)19-7-15-34-16-8-19/h3-6,9-10,19H,7-8,11-16H2,1-2H3,(H,31,32). The van der Waals surface area contributed by atoms with Crippen molar-refractivity contribution in [2.45, 2.75) is 25.8 Å². The maximum absolute atomic E-state index is 11.4. The molecule has 2 aliphatic heterocycles. The van der Waals surface area contributed by atoms with Crippen molar-refractivity contribution in [2.24, 2.45) is 0 Å². The Morgan fingerprint density at radius 2 is 1.85 bits per heavy atom. The summed E-state index contributed by atoms with van der Waals surface area (Å²) < 4.78 is 7.65. The van der Waals surface area contributed by atoms with E-state index in [0.717, 1.165) is 85.7 Å². The molecule has 0 bridgehead atoms. The summed E-state index contributed by atoms with van der Waals surface area (Å²) in [4.78, 5) is 30.8. The van der Waals surface area contributed by atoms with Crippen LogP contribution in [0.2, 0.25) is 0 Å². The van der Waals surface area contributed by atoms with Crippen LogP contribution in [0.15, 0.2) is 36.7 Å². The SMILES string of the molecule is CON(C(=O)O)c1ccc(-c2nc(N3CCN(C4CCOCC4)CC3)n3ccnc(C)c23)cc1. The van der Waals surface area contributed by atoms with Crippen molar-refractivity contribution in [3.63, 3.8) is 0 Å². The van der Waals surface area contributed by atoms with Gasteiger partial charge in [0.15, 0.2) is 0 Å². The largest absolute Gasteiger partial charge is 0.463 e. The number of rotatable bonds is 5. The first-order valence-corrected chi connectivity index (χ1v) is 11.6. The second-order valence-corrected chi connectivity index (χ2v) is 8.66. The molecule has 5 rings (SSSR count). The molecule has 0 saturated carbocycles. The van der Waals surface area contributed by atoms with Gasteiger partial charge in [-0.15, -0.1) is 0 Å². The Balaban J connectivity index is 1.43. The number of aryl methyl sites for hydroxylation is 1. The number of anilines is 2. The minimum atomic E-state index is -1.18. The Kier molecular flexibility index (Phi) is 6.36. The first-order valence-electron chi connectivity index (χ1n) is 11.6. The monoisotopic (exact) mass is 466 g/mol. The molecule has 34 heavy (non-hydrogen) atoms. The summed E-state index contributed by atoms with van der Waals surface area (Å²) in [5, 5.41) is 10.1. The number of piperazine rings is 1. The predicted molar refractivity (Wildman–Crippen MR) is 128 cm³/mol. The van der Waals surface area contributed by atoms with E-state index < -0.39 is 6.09 Å². The molecule has 180 valence electrons. The van der Waals surface area contributed by atoms with Gasteiger partial charge >= 0.3 is 6.09 Å². The minimum absolute atomic E-state index is 0.432. The number of amides is 1. The Bertz CT molecular complexity index is 1150. The lowest BCUT2D eigenvalue weighted by Crippen LogP contribution is -2.52. The number of fused-ring (bicyclic) bond motifs is 1. The third-order valence-corrected chi connectivity index (χ3v) is 6.75. The van der Waals surface area contributed by atoms with Gasteiger partial charge in [-0.3, -0.25) is 19.1 Å². The van der Waals surface area contributed by atoms with Crippen LogP contribution >= 0.6 is 0 Å². The lowest BCUT2D eigenvalue weighted by molar-refractivity contribution is 0.0320. The Morgan fingerprint density at radius 3 is 2.50 bits per heavy atom. The molecule has 0 atom stereocenters. The van der Waals surface area contributed by atoms with Gasteiger partial charge in [0.1, 0.15) is 5.69 Å². The van der Waals surface area contributed by atoms with E-state index in [1.807, 2.05) is 31.5 Å². The number of nitrogens with zero attached hydrogens (tertiary/aromatic N) is 6. The van der Waals surface area contributed by atoms with Crippen LogP contribution in [-0.4, -0.2) is 83.0 Å². The van der Waals surface area contributed by atoms with Gasteiger partial charge in [0.2, 0.25) is 5.95 Å². The number of carboxylic acid groups (broad SMARTS) is 1. The number of hydroxylamine groups is 1. The predicted octanol–water partition coefficient (Wildman–Crippen LogP) is 3.05. The van der Waals surface area contributed by atoms with Gasteiger partial charge in [-0.25, -0.2) is 9.78 Å².